The Bertz CT molecular complexity index is 453. The van der Waals surface area contributed by atoms with Gasteiger partial charge in [0.1, 0.15) is 5.82 Å². The van der Waals surface area contributed by atoms with Gasteiger partial charge in [-0.3, -0.25) is 4.57 Å². The van der Waals surface area contributed by atoms with Crippen LogP contribution in [0.4, 0.5) is 0 Å². The highest BCUT2D eigenvalue weighted by Gasteiger charge is 2.16. The van der Waals surface area contributed by atoms with Gasteiger partial charge < -0.3 is 5.32 Å². The minimum absolute atomic E-state index is 0.0699. The van der Waals surface area contributed by atoms with E-state index in [1.165, 1.54) is 0 Å². The highest BCUT2D eigenvalue weighted by molar-refractivity contribution is 4.91. The summed E-state index contributed by atoms with van der Waals surface area (Å²) in [6.07, 6.45) is 4.14. The van der Waals surface area contributed by atoms with Crippen LogP contribution < -0.4 is 11.0 Å². The molecule has 1 aromatic heterocycles. The zero-order valence-electron chi connectivity index (χ0n) is 11.7. The third kappa shape index (κ3) is 3.22. The summed E-state index contributed by atoms with van der Waals surface area (Å²) in [4.78, 5) is 12.0. The van der Waals surface area contributed by atoms with Crippen LogP contribution >= 0.6 is 0 Å². The summed E-state index contributed by atoms with van der Waals surface area (Å²) in [6.45, 7) is 8.91. The molecule has 102 valence electrons. The van der Waals surface area contributed by atoms with Crippen molar-refractivity contribution in [1.29, 1.82) is 0 Å². The number of aryl methyl sites for hydroxylation is 2. The van der Waals surface area contributed by atoms with E-state index in [0.717, 1.165) is 44.6 Å². The Morgan fingerprint density at radius 3 is 2.78 bits per heavy atom. The van der Waals surface area contributed by atoms with Gasteiger partial charge in [-0.15, -0.1) is 0 Å². The molecule has 2 heterocycles. The molecule has 0 aromatic carbocycles. The third-order valence-corrected chi connectivity index (χ3v) is 3.23. The van der Waals surface area contributed by atoms with Gasteiger partial charge in [0.15, 0.2) is 0 Å². The molecule has 18 heavy (non-hydrogen) atoms. The molecule has 0 aliphatic carbocycles. The predicted octanol–water partition coefficient (Wildman–Crippen LogP) is 1.16. The van der Waals surface area contributed by atoms with E-state index in [9.17, 15) is 4.79 Å². The summed E-state index contributed by atoms with van der Waals surface area (Å²) in [6, 6.07) is 0. The Morgan fingerprint density at radius 1 is 1.33 bits per heavy atom. The smallest absolute Gasteiger partial charge is 0.312 e. The monoisotopic (exact) mass is 252 g/mol. The van der Waals surface area contributed by atoms with Crippen molar-refractivity contribution in [2.75, 3.05) is 6.54 Å². The lowest BCUT2D eigenvalue weighted by atomic mass is 10.1. The number of nitrogens with zero attached hydrogens (tertiary/aromatic N) is 3. The average Bonchev–Trinajstić information content (AvgIpc) is 2.62. The first kappa shape index (κ1) is 13.3. The molecule has 0 fully saturated rings. The van der Waals surface area contributed by atoms with E-state index >= 15 is 0 Å². The molecular formula is C13H24N4O. The lowest BCUT2D eigenvalue weighted by Gasteiger charge is -2.20. The van der Waals surface area contributed by atoms with Gasteiger partial charge in [0.05, 0.1) is 0 Å². The van der Waals surface area contributed by atoms with E-state index in [1.54, 1.807) is 4.68 Å². The Morgan fingerprint density at radius 2 is 2.11 bits per heavy atom. The third-order valence-electron chi connectivity index (χ3n) is 3.23. The van der Waals surface area contributed by atoms with E-state index in [2.05, 4.69) is 31.2 Å². The van der Waals surface area contributed by atoms with Gasteiger partial charge in [-0.2, -0.15) is 5.10 Å². The Kier molecular flexibility index (Phi) is 3.90. The molecule has 0 unspecified atom stereocenters. The summed E-state index contributed by atoms with van der Waals surface area (Å²) in [5.41, 5.74) is 0.207. The van der Waals surface area contributed by atoms with Gasteiger partial charge >= 0.3 is 5.69 Å². The molecule has 5 nitrogen and oxygen atoms in total. The van der Waals surface area contributed by atoms with Gasteiger partial charge in [0.2, 0.25) is 0 Å². The van der Waals surface area contributed by atoms with Crippen LogP contribution in [0.2, 0.25) is 0 Å². The molecule has 0 bridgehead atoms. The van der Waals surface area contributed by atoms with Crippen molar-refractivity contribution in [1.82, 2.24) is 19.7 Å². The molecule has 1 aromatic rings. The van der Waals surface area contributed by atoms with Crippen LogP contribution in [0.3, 0.4) is 0 Å². The maximum Gasteiger partial charge on any atom is 0.345 e. The van der Waals surface area contributed by atoms with Crippen LogP contribution in [0.1, 0.15) is 45.9 Å². The number of fused-ring (bicyclic) bond motifs is 1. The molecule has 0 radical (unpaired) electrons. The van der Waals surface area contributed by atoms with Gasteiger partial charge in [0, 0.05) is 25.0 Å². The maximum absolute atomic E-state index is 12.0. The molecule has 0 saturated carbocycles. The van der Waals surface area contributed by atoms with Crippen LogP contribution in [0, 0.1) is 0 Å². The lowest BCUT2D eigenvalue weighted by Crippen LogP contribution is -2.37. The van der Waals surface area contributed by atoms with E-state index in [4.69, 9.17) is 0 Å². The van der Waals surface area contributed by atoms with Crippen LogP contribution in [0.5, 0.6) is 0 Å². The lowest BCUT2D eigenvalue weighted by molar-refractivity contribution is 0.407. The van der Waals surface area contributed by atoms with E-state index in [-0.39, 0.29) is 11.2 Å². The second-order valence-corrected chi connectivity index (χ2v) is 6.06. The number of aromatic nitrogens is 3. The van der Waals surface area contributed by atoms with Gasteiger partial charge in [0.25, 0.3) is 0 Å². The van der Waals surface area contributed by atoms with Crippen molar-refractivity contribution in [2.45, 2.75) is 65.1 Å². The number of nitrogens with one attached hydrogen (secondary N) is 1. The van der Waals surface area contributed by atoms with Crippen molar-refractivity contribution in [3.05, 3.63) is 16.3 Å². The quantitative estimate of drug-likeness (QED) is 0.818. The highest BCUT2D eigenvalue weighted by atomic mass is 16.2. The molecule has 0 amide bonds. The normalized spacial score (nSPS) is 15.7. The summed E-state index contributed by atoms with van der Waals surface area (Å²) >= 11 is 0. The average molecular weight is 252 g/mol. The largest absolute Gasteiger partial charge is 0.345 e. The Hall–Kier alpha value is -1.10. The first-order valence-corrected chi connectivity index (χ1v) is 6.89. The summed E-state index contributed by atoms with van der Waals surface area (Å²) in [7, 11) is 0. The van der Waals surface area contributed by atoms with Crippen molar-refractivity contribution in [2.24, 2.45) is 0 Å². The second-order valence-electron chi connectivity index (χ2n) is 6.06. The minimum atomic E-state index is 0.0699. The second kappa shape index (κ2) is 5.26. The van der Waals surface area contributed by atoms with Crippen molar-refractivity contribution in [3.8, 4) is 0 Å². The summed E-state index contributed by atoms with van der Waals surface area (Å²) < 4.78 is 3.46. The number of hydrogen-bond acceptors (Lipinski definition) is 3. The van der Waals surface area contributed by atoms with Crippen LogP contribution in [0.15, 0.2) is 4.79 Å². The fourth-order valence-corrected chi connectivity index (χ4v) is 2.29. The minimum Gasteiger partial charge on any atom is -0.312 e. The standard InChI is InChI=1S/C13H24N4O/c1-13(2,3)14-8-6-10-17-12(18)16-9-5-4-7-11(16)15-17/h14H,4-10H2,1-3H3. The molecule has 0 saturated heterocycles. The highest BCUT2D eigenvalue weighted by Crippen LogP contribution is 2.09. The van der Waals surface area contributed by atoms with Gasteiger partial charge in [-0.05, 0) is 46.6 Å². The van der Waals surface area contributed by atoms with Crippen LogP contribution in [0.25, 0.3) is 0 Å². The van der Waals surface area contributed by atoms with E-state index in [0.29, 0.717) is 6.54 Å². The fraction of sp³-hybridized carbons (Fsp3) is 0.846. The SMILES string of the molecule is CC(C)(C)NCCCn1nc2n(c1=O)CCCC2. The van der Waals surface area contributed by atoms with Crippen molar-refractivity contribution >= 4 is 0 Å². The number of hydrogen-bond donors (Lipinski definition) is 1. The molecule has 5 heteroatoms. The maximum atomic E-state index is 12.0. The summed E-state index contributed by atoms with van der Waals surface area (Å²) in [5, 5.41) is 7.85. The van der Waals surface area contributed by atoms with Crippen molar-refractivity contribution in [3.63, 3.8) is 0 Å². The molecule has 2 rings (SSSR count). The molecule has 0 atom stereocenters. The Labute approximate surface area is 108 Å². The topological polar surface area (TPSA) is 51.9 Å². The molecule has 0 spiro atoms. The first-order valence-electron chi connectivity index (χ1n) is 6.89. The van der Waals surface area contributed by atoms with E-state index < -0.39 is 0 Å². The molecule has 1 N–H and O–H groups in total. The van der Waals surface area contributed by atoms with Gasteiger partial charge in [-0.25, -0.2) is 9.48 Å². The summed E-state index contributed by atoms with van der Waals surface area (Å²) in [5.74, 6) is 0.968. The Balaban J connectivity index is 1.90. The van der Waals surface area contributed by atoms with E-state index in [1.807, 2.05) is 4.57 Å². The fourth-order valence-electron chi connectivity index (χ4n) is 2.29. The predicted molar refractivity (Wildman–Crippen MR) is 71.8 cm³/mol. The zero-order valence-corrected chi connectivity index (χ0v) is 11.7. The molecule has 1 aliphatic heterocycles. The molecular weight excluding hydrogens is 228 g/mol. The van der Waals surface area contributed by atoms with Gasteiger partial charge in [-0.1, -0.05) is 0 Å². The first-order chi connectivity index (χ1) is 8.47. The van der Waals surface area contributed by atoms with Crippen LogP contribution in [-0.2, 0) is 19.5 Å². The van der Waals surface area contributed by atoms with Crippen molar-refractivity contribution < 1.29 is 0 Å². The number of rotatable bonds is 4. The molecule has 1 aliphatic rings. The van der Waals surface area contributed by atoms with Crippen LogP contribution in [-0.4, -0.2) is 26.4 Å². The zero-order chi connectivity index (χ0) is 13.2.